The van der Waals surface area contributed by atoms with Gasteiger partial charge in [0.05, 0.1) is 5.69 Å². The molecule has 0 aliphatic heterocycles. The van der Waals surface area contributed by atoms with Crippen molar-refractivity contribution >= 4 is 44.9 Å². The normalized spacial score (nSPS) is 13.5. The minimum atomic E-state index is -1.96. The molecule has 2 unspecified atom stereocenters. The van der Waals surface area contributed by atoms with Crippen molar-refractivity contribution in [3.8, 4) is 0 Å². The van der Waals surface area contributed by atoms with Gasteiger partial charge in [-0.1, -0.05) is 13.3 Å². The zero-order valence-corrected chi connectivity index (χ0v) is 14.4. The fourth-order valence-corrected chi connectivity index (χ4v) is 4.10. The van der Waals surface area contributed by atoms with Crippen molar-refractivity contribution in [2.45, 2.75) is 31.6 Å². The number of carbonyl (C=O) groups is 1. The van der Waals surface area contributed by atoms with Gasteiger partial charge in [-0.2, -0.15) is 11.3 Å². The highest BCUT2D eigenvalue weighted by molar-refractivity contribution is 7.79. The molecule has 0 saturated heterocycles. The van der Waals surface area contributed by atoms with Gasteiger partial charge in [0.25, 0.3) is 0 Å². The summed E-state index contributed by atoms with van der Waals surface area (Å²) in [4.78, 5) is 16.0. The number of rotatable bonds is 7. The predicted molar refractivity (Wildman–Crippen MR) is 90.7 cm³/mol. The maximum Gasteiger partial charge on any atom is 0.321 e. The molecule has 0 saturated carbocycles. The number of anilines is 1. The summed E-state index contributed by atoms with van der Waals surface area (Å²) >= 11 is 0.860. The molecule has 0 aliphatic rings. The largest absolute Gasteiger partial charge is 0.334 e. The van der Waals surface area contributed by atoms with Crippen LogP contribution in [0.3, 0.4) is 0 Å². The molecule has 6 nitrogen and oxygen atoms in total. The van der Waals surface area contributed by atoms with Crippen LogP contribution in [0.2, 0.25) is 0 Å². The molecule has 9 heteroatoms. The highest BCUT2D eigenvalue weighted by Crippen LogP contribution is 2.27. The molecule has 0 aromatic carbocycles. The third-order valence-corrected chi connectivity index (χ3v) is 5.37. The van der Waals surface area contributed by atoms with Crippen molar-refractivity contribution < 1.29 is 13.6 Å². The van der Waals surface area contributed by atoms with E-state index < -0.39 is 16.3 Å². The van der Waals surface area contributed by atoms with Crippen molar-refractivity contribution in [3.63, 3.8) is 0 Å². The van der Waals surface area contributed by atoms with Crippen LogP contribution in [-0.4, -0.2) is 19.8 Å². The summed E-state index contributed by atoms with van der Waals surface area (Å²) in [5.74, 6) is 0. The van der Waals surface area contributed by atoms with E-state index >= 15 is 0 Å². The van der Waals surface area contributed by atoms with Gasteiger partial charge in [0.1, 0.15) is 5.25 Å². The molecule has 2 aromatic rings. The summed E-state index contributed by atoms with van der Waals surface area (Å²) in [5.41, 5.74) is 1.58. The number of thiazole rings is 1. The Morgan fingerprint density at radius 3 is 2.95 bits per heavy atom. The number of aromatic nitrogens is 1. The average Bonchev–Trinajstić information content (AvgIpc) is 3.13. The Bertz CT molecular complexity index is 628. The molecule has 0 spiro atoms. The lowest BCUT2D eigenvalue weighted by Crippen LogP contribution is -2.27. The summed E-state index contributed by atoms with van der Waals surface area (Å²) in [6, 6.07) is 1.60. The number of amides is 2. The van der Waals surface area contributed by atoms with Crippen LogP contribution in [-0.2, 0) is 17.6 Å². The minimum absolute atomic E-state index is 0.343. The first kappa shape index (κ1) is 17.1. The lowest BCUT2D eigenvalue weighted by atomic mass is 10.2. The van der Waals surface area contributed by atoms with Crippen LogP contribution in [0, 0.1) is 0 Å². The van der Waals surface area contributed by atoms with Gasteiger partial charge < -0.3 is 9.87 Å². The molecule has 22 heavy (non-hydrogen) atoms. The number of hydrogen-bond donors (Lipinski definition) is 3. The van der Waals surface area contributed by atoms with Crippen molar-refractivity contribution in [1.82, 2.24) is 10.3 Å². The lowest BCUT2D eigenvalue weighted by molar-refractivity contribution is 0.251. The first-order chi connectivity index (χ1) is 10.6. The van der Waals surface area contributed by atoms with Gasteiger partial charge in [0.15, 0.2) is 16.2 Å². The van der Waals surface area contributed by atoms with Gasteiger partial charge in [-0.05, 0) is 28.8 Å². The molecular formula is C13H17N3O3S3. The molecule has 0 aliphatic carbocycles. The van der Waals surface area contributed by atoms with Gasteiger partial charge >= 0.3 is 6.03 Å². The summed E-state index contributed by atoms with van der Waals surface area (Å²) in [6.07, 6.45) is 1.37. The number of nitrogens with one attached hydrogen (secondary N) is 2. The van der Waals surface area contributed by atoms with Crippen LogP contribution in [0.25, 0.3) is 0 Å². The van der Waals surface area contributed by atoms with Gasteiger partial charge in [-0.25, -0.2) is 14.0 Å². The van der Waals surface area contributed by atoms with Crippen LogP contribution < -0.4 is 10.6 Å². The molecule has 3 N–H and O–H groups in total. The quantitative estimate of drug-likeness (QED) is 0.659. The second-order valence-corrected chi connectivity index (χ2v) is 7.33. The zero-order chi connectivity index (χ0) is 15.9. The number of urea groups is 1. The van der Waals surface area contributed by atoms with Crippen LogP contribution in [0.5, 0.6) is 0 Å². The topological polar surface area (TPSA) is 91.3 Å². The molecule has 120 valence electrons. The van der Waals surface area contributed by atoms with Crippen molar-refractivity contribution in [2.75, 3.05) is 5.32 Å². The van der Waals surface area contributed by atoms with Crippen molar-refractivity contribution in [3.05, 3.63) is 33.5 Å². The van der Waals surface area contributed by atoms with E-state index in [0.29, 0.717) is 23.8 Å². The molecule has 2 heterocycles. The predicted octanol–water partition coefficient (Wildman–Crippen LogP) is 3.59. The molecule has 2 amide bonds. The van der Waals surface area contributed by atoms with Crippen molar-refractivity contribution in [2.24, 2.45) is 0 Å². The maximum atomic E-state index is 11.8. The van der Waals surface area contributed by atoms with E-state index in [4.69, 9.17) is 0 Å². The second-order valence-electron chi connectivity index (χ2n) is 4.57. The molecule has 0 fully saturated rings. The van der Waals surface area contributed by atoms with E-state index in [-0.39, 0.29) is 6.03 Å². The van der Waals surface area contributed by atoms with E-state index in [1.165, 1.54) is 11.3 Å². The lowest BCUT2D eigenvalue weighted by Gasteiger charge is -2.08. The molecule has 2 aromatic heterocycles. The molecule has 0 radical (unpaired) electrons. The summed E-state index contributed by atoms with van der Waals surface area (Å²) in [5, 5.41) is 10.9. The van der Waals surface area contributed by atoms with Crippen molar-refractivity contribution in [1.29, 1.82) is 0 Å². The van der Waals surface area contributed by atoms with E-state index in [1.54, 1.807) is 16.7 Å². The third-order valence-electron chi connectivity index (χ3n) is 2.90. The Morgan fingerprint density at radius 2 is 2.32 bits per heavy atom. The Hall–Kier alpha value is -1.29. The highest BCUT2D eigenvalue weighted by atomic mass is 32.2. The van der Waals surface area contributed by atoms with Gasteiger partial charge in [0.2, 0.25) is 0 Å². The third kappa shape index (κ3) is 4.87. The maximum absolute atomic E-state index is 11.8. The minimum Gasteiger partial charge on any atom is -0.334 e. The SMILES string of the molecule is CCCC(c1csc(NC(=O)NCc2ccsc2)n1)S(=O)O. The summed E-state index contributed by atoms with van der Waals surface area (Å²) in [6.45, 7) is 2.40. The Labute approximate surface area is 139 Å². The summed E-state index contributed by atoms with van der Waals surface area (Å²) in [7, 11) is 0. The monoisotopic (exact) mass is 359 g/mol. The molecule has 2 rings (SSSR count). The van der Waals surface area contributed by atoms with E-state index in [1.807, 2.05) is 23.8 Å². The van der Waals surface area contributed by atoms with Crippen LogP contribution in [0.15, 0.2) is 22.2 Å². The standard InChI is InChI=1S/C13H17N3O3S3/c1-2-3-11(22(18)19)10-8-21-13(15-10)16-12(17)14-6-9-4-5-20-7-9/h4-5,7-8,11H,2-3,6H2,1H3,(H,18,19)(H2,14,15,16,17). The average molecular weight is 359 g/mol. The highest BCUT2D eigenvalue weighted by Gasteiger charge is 2.20. The van der Waals surface area contributed by atoms with Gasteiger partial charge in [-0.15, -0.1) is 11.3 Å². The fraction of sp³-hybridized carbons (Fsp3) is 0.385. The van der Waals surface area contributed by atoms with E-state index in [0.717, 1.165) is 12.0 Å². The second kappa shape index (κ2) is 8.37. The van der Waals surface area contributed by atoms with Gasteiger partial charge in [-0.3, -0.25) is 5.32 Å². The van der Waals surface area contributed by atoms with Crippen LogP contribution in [0.1, 0.15) is 36.3 Å². The zero-order valence-electron chi connectivity index (χ0n) is 11.9. The van der Waals surface area contributed by atoms with Gasteiger partial charge in [0, 0.05) is 11.9 Å². The van der Waals surface area contributed by atoms with Crippen LogP contribution in [0.4, 0.5) is 9.93 Å². The van der Waals surface area contributed by atoms with E-state index in [2.05, 4.69) is 15.6 Å². The summed E-state index contributed by atoms with van der Waals surface area (Å²) < 4.78 is 20.6. The fourth-order valence-electron chi connectivity index (χ4n) is 1.82. The molecule has 0 bridgehead atoms. The number of nitrogens with zero attached hydrogens (tertiary/aromatic N) is 1. The molecule has 2 atom stereocenters. The Balaban J connectivity index is 1.90. The Morgan fingerprint density at radius 1 is 1.50 bits per heavy atom. The van der Waals surface area contributed by atoms with E-state index in [9.17, 15) is 13.6 Å². The van der Waals surface area contributed by atoms with Crippen LogP contribution >= 0.6 is 22.7 Å². The smallest absolute Gasteiger partial charge is 0.321 e. The molecular weight excluding hydrogens is 342 g/mol. The first-order valence-corrected chi connectivity index (χ1v) is 9.70. The first-order valence-electron chi connectivity index (χ1n) is 6.71. The number of hydrogen-bond acceptors (Lipinski definition) is 5. The number of carbonyl (C=O) groups excluding carboxylic acids is 1. The Kier molecular flexibility index (Phi) is 6.49. The number of thiophene rings is 1.